The maximum Gasteiger partial charge on any atom is 0.184 e. The van der Waals surface area contributed by atoms with Gasteiger partial charge in [-0.05, 0) is 30.0 Å². The second kappa shape index (κ2) is 17.0. The van der Waals surface area contributed by atoms with Gasteiger partial charge >= 0.3 is 0 Å². The van der Waals surface area contributed by atoms with Gasteiger partial charge in [-0.2, -0.15) is 0 Å². The van der Waals surface area contributed by atoms with Gasteiger partial charge in [0.15, 0.2) is 12.6 Å². The Morgan fingerprint density at radius 1 is 0.652 bits per heavy atom. The molecule has 0 aliphatic carbocycles. The zero-order valence-corrected chi connectivity index (χ0v) is 26.4. The summed E-state index contributed by atoms with van der Waals surface area (Å²) in [4.78, 5) is 0. The van der Waals surface area contributed by atoms with E-state index in [0.29, 0.717) is 45.9 Å². The van der Waals surface area contributed by atoms with Crippen LogP contribution in [0.4, 0.5) is 0 Å². The fourth-order valence-corrected chi connectivity index (χ4v) is 5.85. The maximum absolute atomic E-state index is 6.49. The number of benzene rings is 4. The topological polar surface area (TPSA) is 64.6 Å². The third-order valence-electron chi connectivity index (χ3n) is 8.45. The quantitative estimate of drug-likeness (QED) is 0.137. The summed E-state index contributed by atoms with van der Waals surface area (Å²) in [5.74, 6) is 0. The molecule has 0 radical (unpaired) electrons. The van der Waals surface area contributed by atoms with Gasteiger partial charge < -0.3 is 33.2 Å². The molecule has 0 N–H and O–H groups in total. The van der Waals surface area contributed by atoms with Gasteiger partial charge in [-0.25, -0.2) is 0 Å². The van der Waals surface area contributed by atoms with Crippen LogP contribution < -0.4 is 0 Å². The first-order valence-corrected chi connectivity index (χ1v) is 16.3. The van der Waals surface area contributed by atoms with Crippen molar-refractivity contribution in [2.75, 3.05) is 13.2 Å². The monoisotopic (exact) mass is 624 g/mol. The minimum Gasteiger partial charge on any atom is -0.371 e. The first-order valence-electron chi connectivity index (χ1n) is 16.3. The van der Waals surface area contributed by atoms with E-state index in [2.05, 4.69) is 43.3 Å². The van der Waals surface area contributed by atoms with Gasteiger partial charge in [-0.3, -0.25) is 0 Å². The van der Waals surface area contributed by atoms with Gasteiger partial charge in [0.05, 0.1) is 51.3 Å². The van der Waals surface area contributed by atoms with Crippen LogP contribution in [0.5, 0.6) is 0 Å². The Kier molecular flexibility index (Phi) is 12.0. The van der Waals surface area contributed by atoms with Crippen molar-refractivity contribution in [3.63, 3.8) is 0 Å². The number of rotatable bonds is 15. The predicted molar refractivity (Wildman–Crippen MR) is 175 cm³/mol. The summed E-state index contributed by atoms with van der Waals surface area (Å²) in [6.45, 7) is 4.40. The summed E-state index contributed by atoms with van der Waals surface area (Å²) in [6.07, 6.45) is -0.852. The van der Waals surface area contributed by atoms with Gasteiger partial charge in [0.25, 0.3) is 0 Å². The van der Waals surface area contributed by atoms with Gasteiger partial charge in [0.2, 0.25) is 0 Å². The van der Waals surface area contributed by atoms with E-state index in [-0.39, 0.29) is 30.5 Å². The minimum absolute atomic E-state index is 0.138. The first-order chi connectivity index (χ1) is 22.7. The van der Waals surface area contributed by atoms with Crippen LogP contribution in [0.2, 0.25) is 0 Å². The molecule has 46 heavy (non-hydrogen) atoms. The highest BCUT2D eigenvalue weighted by Crippen LogP contribution is 2.36. The van der Waals surface area contributed by atoms with Crippen molar-refractivity contribution in [3.05, 3.63) is 144 Å². The molecule has 7 atom stereocenters. The molecule has 2 fully saturated rings. The van der Waals surface area contributed by atoms with Crippen molar-refractivity contribution in [2.45, 2.75) is 82.7 Å². The molecule has 2 heterocycles. The Balaban J connectivity index is 1.07. The van der Waals surface area contributed by atoms with Crippen LogP contribution in [-0.4, -0.2) is 50.0 Å². The summed E-state index contributed by atoms with van der Waals surface area (Å²) in [5.41, 5.74) is 4.34. The standard InChI is InChI=1S/C39H44O7/c1-29(41-25-30-14-6-2-7-15-30)34(42-26-31-16-8-3-9-17-31)22-23-40-37-24-35(43-27-32-18-10-4-11-19-32)38-36(45-37)28-44-39(46-38)33-20-12-5-13-21-33/h2-21,29,34-39H,22-28H2,1H3/t29-,34+,35?,36?,37+,38?,39?/m1/s1. The van der Waals surface area contributed by atoms with Crippen molar-refractivity contribution < 1.29 is 33.2 Å². The minimum atomic E-state index is -0.466. The van der Waals surface area contributed by atoms with Gasteiger partial charge in [-0.15, -0.1) is 0 Å². The van der Waals surface area contributed by atoms with Crippen LogP contribution in [0, 0.1) is 0 Å². The lowest BCUT2D eigenvalue weighted by Gasteiger charge is -2.45. The van der Waals surface area contributed by atoms with E-state index in [0.717, 1.165) is 22.3 Å². The van der Waals surface area contributed by atoms with Crippen LogP contribution in [0.3, 0.4) is 0 Å². The molecule has 6 rings (SSSR count). The fraction of sp³-hybridized carbons (Fsp3) is 0.385. The zero-order chi connectivity index (χ0) is 31.4. The number of hydrogen-bond acceptors (Lipinski definition) is 7. The molecule has 0 saturated carbocycles. The summed E-state index contributed by atoms with van der Waals surface area (Å²) in [6, 6.07) is 40.6. The van der Waals surface area contributed by atoms with Crippen LogP contribution in [-0.2, 0) is 53.0 Å². The average molecular weight is 625 g/mol. The third-order valence-corrected chi connectivity index (χ3v) is 8.45. The van der Waals surface area contributed by atoms with E-state index < -0.39 is 12.6 Å². The second-order valence-corrected chi connectivity index (χ2v) is 11.8. The van der Waals surface area contributed by atoms with E-state index >= 15 is 0 Å². The Morgan fingerprint density at radius 2 is 1.22 bits per heavy atom. The third kappa shape index (κ3) is 9.33. The number of fused-ring (bicyclic) bond motifs is 1. The Morgan fingerprint density at radius 3 is 1.85 bits per heavy atom. The Labute approximate surface area is 272 Å². The van der Waals surface area contributed by atoms with Gasteiger partial charge in [0, 0.05) is 12.0 Å². The summed E-state index contributed by atoms with van der Waals surface area (Å²) >= 11 is 0. The average Bonchev–Trinajstić information content (AvgIpc) is 3.12. The van der Waals surface area contributed by atoms with Crippen LogP contribution in [0.1, 0.15) is 48.3 Å². The van der Waals surface area contributed by atoms with E-state index in [9.17, 15) is 0 Å². The van der Waals surface area contributed by atoms with Crippen molar-refractivity contribution in [3.8, 4) is 0 Å². The molecule has 2 aliphatic heterocycles. The first kappa shape index (κ1) is 32.5. The maximum atomic E-state index is 6.49. The van der Waals surface area contributed by atoms with Crippen molar-refractivity contribution in [2.24, 2.45) is 0 Å². The molecular formula is C39H44O7. The SMILES string of the molecule is C[C@@H](OCc1ccccc1)[C@H](CCO[C@@H]1CC(OCc2ccccc2)C2OC(c3ccccc3)OCC2O1)OCc1ccccc1. The second-order valence-electron chi connectivity index (χ2n) is 11.8. The Bertz CT molecular complexity index is 1410. The Hall–Kier alpha value is -3.40. The lowest BCUT2D eigenvalue weighted by Crippen LogP contribution is -2.56. The lowest BCUT2D eigenvalue weighted by molar-refractivity contribution is -0.342. The lowest BCUT2D eigenvalue weighted by atomic mass is 9.99. The molecule has 0 aromatic heterocycles. The van der Waals surface area contributed by atoms with E-state index in [1.807, 2.05) is 84.9 Å². The smallest absolute Gasteiger partial charge is 0.184 e. The highest BCUT2D eigenvalue weighted by molar-refractivity contribution is 5.17. The van der Waals surface area contributed by atoms with E-state index in [4.69, 9.17) is 33.2 Å². The fourth-order valence-electron chi connectivity index (χ4n) is 5.85. The molecule has 2 aliphatic rings. The molecule has 0 amide bonds. The molecule has 4 unspecified atom stereocenters. The van der Waals surface area contributed by atoms with Gasteiger partial charge in [0.1, 0.15) is 12.2 Å². The molecular weight excluding hydrogens is 580 g/mol. The number of hydrogen-bond donors (Lipinski definition) is 0. The predicted octanol–water partition coefficient (Wildman–Crippen LogP) is 7.40. The highest BCUT2D eigenvalue weighted by atomic mass is 16.7. The van der Waals surface area contributed by atoms with Crippen molar-refractivity contribution >= 4 is 0 Å². The molecule has 4 aromatic rings. The van der Waals surface area contributed by atoms with Crippen molar-refractivity contribution in [1.82, 2.24) is 0 Å². The van der Waals surface area contributed by atoms with Gasteiger partial charge in [-0.1, -0.05) is 121 Å². The molecule has 242 valence electrons. The summed E-state index contributed by atoms with van der Waals surface area (Å²) in [5, 5.41) is 0. The largest absolute Gasteiger partial charge is 0.371 e. The van der Waals surface area contributed by atoms with E-state index in [1.165, 1.54) is 0 Å². The zero-order valence-electron chi connectivity index (χ0n) is 26.4. The van der Waals surface area contributed by atoms with E-state index in [1.54, 1.807) is 0 Å². The summed E-state index contributed by atoms with van der Waals surface area (Å²) in [7, 11) is 0. The van der Waals surface area contributed by atoms with Crippen LogP contribution in [0.15, 0.2) is 121 Å². The molecule has 0 bridgehead atoms. The number of ether oxygens (including phenoxy) is 7. The summed E-state index contributed by atoms with van der Waals surface area (Å²) < 4.78 is 44.5. The molecule has 7 heteroatoms. The normalized spacial score (nSPS) is 24.2. The van der Waals surface area contributed by atoms with Crippen LogP contribution in [0.25, 0.3) is 0 Å². The van der Waals surface area contributed by atoms with Crippen molar-refractivity contribution in [1.29, 1.82) is 0 Å². The molecule has 2 saturated heterocycles. The molecule has 7 nitrogen and oxygen atoms in total. The highest BCUT2D eigenvalue weighted by Gasteiger charge is 2.45. The molecule has 4 aromatic carbocycles. The van der Waals surface area contributed by atoms with Crippen LogP contribution >= 0.6 is 0 Å². The molecule has 0 spiro atoms.